The van der Waals surface area contributed by atoms with Crippen LogP contribution in [0.4, 0.5) is 0 Å². The zero-order chi connectivity index (χ0) is 18.1. The van der Waals surface area contributed by atoms with Crippen molar-refractivity contribution < 1.29 is 14.0 Å². The summed E-state index contributed by atoms with van der Waals surface area (Å²) < 4.78 is 17.9. The van der Waals surface area contributed by atoms with Crippen LogP contribution in [0.5, 0.6) is 11.5 Å². The van der Waals surface area contributed by atoms with Crippen molar-refractivity contribution in [3.63, 3.8) is 0 Å². The maximum Gasteiger partial charge on any atom is 0.258 e. The van der Waals surface area contributed by atoms with Crippen LogP contribution < -0.4 is 9.47 Å². The molecule has 1 aromatic carbocycles. The zero-order valence-electron chi connectivity index (χ0n) is 14.6. The van der Waals surface area contributed by atoms with Crippen LogP contribution >= 0.6 is 0 Å². The average molecular weight is 351 g/mol. The minimum Gasteiger partial charge on any atom is -0.493 e. The molecule has 3 heterocycles. The fourth-order valence-corrected chi connectivity index (χ4v) is 2.74. The number of hydrogen-bond donors (Lipinski definition) is 0. The number of aryl methyl sites for hydroxylation is 1. The summed E-state index contributed by atoms with van der Waals surface area (Å²) in [5, 5.41) is 12.4. The van der Waals surface area contributed by atoms with Gasteiger partial charge in [-0.3, -0.25) is 4.40 Å². The molecule has 0 radical (unpaired) electrons. The molecule has 26 heavy (non-hydrogen) atoms. The number of benzene rings is 1. The van der Waals surface area contributed by atoms with E-state index in [-0.39, 0.29) is 0 Å². The normalized spacial score (nSPS) is 11.0. The van der Waals surface area contributed by atoms with Crippen molar-refractivity contribution in [2.75, 3.05) is 14.2 Å². The second-order valence-electron chi connectivity index (χ2n) is 5.61. The molecular weight excluding hydrogens is 334 g/mol. The molecule has 4 aromatic rings. The Hall–Kier alpha value is -3.42. The Morgan fingerprint density at radius 2 is 1.81 bits per heavy atom. The maximum absolute atomic E-state index is 5.43. The molecule has 0 aliphatic carbocycles. The van der Waals surface area contributed by atoms with Gasteiger partial charge >= 0.3 is 0 Å². The first-order chi connectivity index (χ1) is 12.7. The number of nitrogens with zero attached hydrogens (tertiary/aromatic N) is 5. The van der Waals surface area contributed by atoms with Crippen LogP contribution in [0.3, 0.4) is 0 Å². The smallest absolute Gasteiger partial charge is 0.258 e. The minimum atomic E-state index is 0.403. The summed E-state index contributed by atoms with van der Waals surface area (Å²) in [7, 11) is 3.18. The average Bonchev–Trinajstić information content (AvgIpc) is 3.33. The number of rotatable bonds is 5. The Morgan fingerprint density at radius 1 is 1.00 bits per heavy atom. The van der Waals surface area contributed by atoms with Gasteiger partial charge in [-0.15, -0.1) is 10.2 Å². The quantitative estimate of drug-likeness (QED) is 0.546. The van der Waals surface area contributed by atoms with Crippen LogP contribution in [0.15, 0.2) is 41.1 Å². The van der Waals surface area contributed by atoms with Gasteiger partial charge in [-0.25, -0.2) is 0 Å². The van der Waals surface area contributed by atoms with Crippen molar-refractivity contribution in [3.05, 3.63) is 42.4 Å². The third kappa shape index (κ3) is 2.65. The van der Waals surface area contributed by atoms with Gasteiger partial charge in [-0.05, 0) is 30.3 Å². The molecule has 8 nitrogen and oxygen atoms in total. The van der Waals surface area contributed by atoms with Crippen molar-refractivity contribution in [3.8, 4) is 34.3 Å². The number of hydrogen-bond acceptors (Lipinski definition) is 7. The van der Waals surface area contributed by atoms with E-state index in [0.717, 1.165) is 29.0 Å². The van der Waals surface area contributed by atoms with Gasteiger partial charge in [0.2, 0.25) is 5.82 Å². The zero-order valence-corrected chi connectivity index (χ0v) is 14.6. The van der Waals surface area contributed by atoms with Gasteiger partial charge in [0.05, 0.1) is 14.2 Å². The first kappa shape index (κ1) is 16.1. The standard InChI is InChI=1S/C18H17N5O3/c1-4-15-20-21-16-8-6-12(10-23(15)16)17-19-18(26-22-17)11-5-7-13(24-2)14(9-11)25-3/h5-10H,4H2,1-3H3. The fraction of sp³-hybridized carbons (Fsp3) is 0.222. The highest BCUT2D eigenvalue weighted by atomic mass is 16.5. The van der Waals surface area contributed by atoms with E-state index in [4.69, 9.17) is 14.0 Å². The third-order valence-corrected chi connectivity index (χ3v) is 4.10. The van der Waals surface area contributed by atoms with Crippen LogP contribution in [0, 0.1) is 0 Å². The largest absolute Gasteiger partial charge is 0.493 e. The Bertz CT molecular complexity index is 1070. The molecule has 8 heteroatoms. The molecule has 0 N–H and O–H groups in total. The maximum atomic E-state index is 5.43. The monoisotopic (exact) mass is 351 g/mol. The van der Waals surface area contributed by atoms with Gasteiger partial charge in [0.25, 0.3) is 5.89 Å². The highest BCUT2D eigenvalue weighted by Gasteiger charge is 2.14. The molecule has 0 bridgehead atoms. The molecule has 132 valence electrons. The highest BCUT2D eigenvalue weighted by molar-refractivity contribution is 5.63. The van der Waals surface area contributed by atoms with Gasteiger partial charge in [-0.1, -0.05) is 12.1 Å². The second-order valence-corrected chi connectivity index (χ2v) is 5.61. The molecule has 3 aromatic heterocycles. The molecule has 0 atom stereocenters. The summed E-state index contributed by atoms with van der Waals surface area (Å²) in [5.41, 5.74) is 2.36. The van der Waals surface area contributed by atoms with E-state index < -0.39 is 0 Å². The Kier molecular flexibility index (Phi) is 4.00. The predicted octanol–water partition coefficient (Wildman–Crippen LogP) is 3.03. The molecule has 0 unspecified atom stereocenters. The van der Waals surface area contributed by atoms with Crippen molar-refractivity contribution in [1.29, 1.82) is 0 Å². The van der Waals surface area contributed by atoms with Crippen LogP contribution in [0.2, 0.25) is 0 Å². The van der Waals surface area contributed by atoms with Gasteiger partial charge in [0, 0.05) is 23.7 Å². The summed E-state index contributed by atoms with van der Waals surface area (Å²) in [6.07, 6.45) is 2.70. The third-order valence-electron chi connectivity index (χ3n) is 4.10. The van der Waals surface area contributed by atoms with E-state index in [1.807, 2.05) is 35.7 Å². The first-order valence-corrected chi connectivity index (χ1v) is 8.13. The van der Waals surface area contributed by atoms with Gasteiger partial charge in [0.1, 0.15) is 5.82 Å². The Labute approximate surface area is 149 Å². The number of ether oxygens (including phenoxy) is 2. The van der Waals surface area contributed by atoms with E-state index >= 15 is 0 Å². The lowest BCUT2D eigenvalue weighted by atomic mass is 10.2. The lowest BCUT2D eigenvalue weighted by Gasteiger charge is -2.07. The molecular formula is C18H17N5O3. The predicted molar refractivity (Wildman–Crippen MR) is 94.2 cm³/mol. The molecule has 0 saturated heterocycles. The number of fused-ring (bicyclic) bond motifs is 1. The number of aromatic nitrogens is 5. The topological polar surface area (TPSA) is 87.6 Å². The fourth-order valence-electron chi connectivity index (χ4n) is 2.74. The van der Waals surface area contributed by atoms with Crippen molar-refractivity contribution >= 4 is 5.65 Å². The molecule has 0 saturated carbocycles. The summed E-state index contributed by atoms with van der Waals surface area (Å²) in [5.74, 6) is 3.02. The molecule has 0 spiro atoms. The van der Waals surface area contributed by atoms with E-state index in [2.05, 4.69) is 20.3 Å². The SMILES string of the molecule is CCc1nnc2ccc(-c3noc(-c4ccc(OC)c(OC)c4)n3)cn12. The first-order valence-electron chi connectivity index (χ1n) is 8.13. The van der Waals surface area contributed by atoms with Crippen LogP contribution in [-0.2, 0) is 6.42 Å². The van der Waals surface area contributed by atoms with E-state index in [1.54, 1.807) is 26.4 Å². The van der Waals surface area contributed by atoms with E-state index in [0.29, 0.717) is 23.2 Å². The van der Waals surface area contributed by atoms with Crippen LogP contribution in [-0.4, -0.2) is 39.0 Å². The molecule has 0 fully saturated rings. The summed E-state index contributed by atoms with van der Waals surface area (Å²) >= 11 is 0. The van der Waals surface area contributed by atoms with Crippen molar-refractivity contribution in [1.82, 2.24) is 24.7 Å². The van der Waals surface area contributed by atoms with Crippen molar-refractivity contribution in [2.24, 2.45) is 0 Å². The number of methoxy groups -OCH3 is 2. The highest BCUT2D eigenvalue weighted by Crippen LogP contribution is 2.32. The summed E-state index contributed by atoms with van der Waals surface area (Å²) in [6.45, 7) is 2.03. The van der Waals surface area contributed by atoms with Gasteiger partial charge < -0.3 is 14.0 Å². The van der Waals surface area contributed by atoms with Crippen LogP contribution in [0.1, 0.15) is 12.7 Å². The van der Waals surface area contributed by atoms with Gasteiger partial charge in [0.15, 0.2) is 17.1 Å². The molecule has 0 amide bonds. The Balaban J connectivity index is 1.72. The summed E-state index contributed by atoms with van der Waals surface area (Å²) in [4.78, 5) is 4.50. The second kappa shape index (κ2) is 6.47. The molecule has 4 rings (SSSR count). The van der Waals surface area contributed by atoms with E-state index in [9.17, 15) is 0 Å². The van der Waals surface area contributed by atoms with Crippen LogP contribution in [0.25, 0.3) is 28.5 Å². The number of pyridine rings is 1. The molecule has 0 aliphatic rings. The lowest BCUT2D eigenvalue weighted by molar-refractivity contribution is 0.355. The molecule has 0 aliphatic heterocycles. The summed E-state index contributed by atoms with van der Waals surface area (Å²) in [6, 6.07) is 9.22. The minimum absolute atomic E-state index is 0.403. The lowest BCUT2D eigenvalue weighted by Crippen LogP contribution is -1.93. The Morgan fingerprint density at radius 3 is 2.58 bits per heavy atom. The van der Waals surface area contributed by atoms with E-state index in [1.165, 1.54) is 0 Å². The van der Waals surface area contributed by atoms with Gasteiger partial charge in [-0.2, -0.15) is 4.98 Å². The van der Waals surface area contributed by atoms with Crippen molar-refractivity contribution in [2.45, 2.75) is 13.3 Å².